The minimum atomic E-state index is -0.0774. The van der Waals surface area contributed by atoms with Crippen LogP contribution < -0.4 is 15.1 Å². The standard InChI is InChI=1S/C20H22N4O2/c25-19(15-6-4-5-7-15)22-16-10-11-18(21-14-16)24-13-12-23(20(24)26)17-8-2-1-3-9-17/h1-3,8-11,14-15H,4-7,12-13H2,(H,22,25). The Kier molecular flexibility index (Phi) is 4.56. The van der Waals surface area contributed by atoms with Crippen LogP contribution >= 0.6 is 0 Å². The van der Waals surface area contributed by atoms with E-state index in [9.17, 15) is 9.59 Å². The summed E-state index contributed by atoms with van der Waals surface area (Å²) in [5.74, 6) is 0.797. The van der Waals surface area contributed by atoms with E-state index in [0.29, 0.717) is 24.6 Å². The monoisotopic (exact) mass is 350 g/mol. The number of urea groups is 1. The van der Waals surface area contributed by atoms with E-state index in [4.69, 9.17) is 0 Å². The van der Waals surface area contributed by atoms with Crippen LogP contribution in [0.5, 0.6) is 0 Å². The van der Waals surface area contributed by atoms with Crippen LogP contribution in [0, 0.1) is 5.92 Å². The molecule has 2 fully saturated rings. The molecule has 1 aromatic heterocycles. The van der Waals surface area contributed by atoms with Crippen molar-refractivity contribution in [1.29, 1.82) is 0 Å². The van der Waals surface area contributed by atoms with Crippen molar-refractivity contribution < 1.29 is 9.59 Å². The SMILES string of the molecule is O=C(Nc1ccc(N2CCN(c3ccccc3)C2=O)nc1)C1CCCC1. The van der Waals surface area contributed by atoms with Crippen molar-refractivity contribution in [3.8, 4) is 0 Å². The van der Waals surface area contributed by atoms with Gasteiger partial charge in [0.15, 0.2) is 0 Å². The number of benzene rings is 1. The molecule has 2 heterocycles. The highest BCUT2D eigenvalue weighted by molar-refractivity contribution is 6.05. The van der Waals surface area contributed by atoms with Crippen molar-refractivity contribution in [1.82, 2.24) is 4.98 Å². The molecule has 0 atom stereocenters. The van der Waals surface area contributed by atoms with Gasteiger partial charge in [0.25, 0.3) is 0 Å². The lowest BCUT2D eigenvalue weighted by Crippen LogP contribution is -2.32. The third-order valence-electron chi connectivity index (χ3n) is 5.09. The topological polar surface area (TPSA) is 65.5 Å². The predicted octanol–water partition coefficient (Wildman–Crippen LogP) is 3.66. The normalized spacial score (nSPS) is 17.8. The zero-order valence-electron chi connectivity index (χ0n) is 14.6. The molecular weight excluding hydrogens is 328 g/mol. The number of rotatable bonds is 4. The highest BCUT2D eigenvalue weighted by Gasteiger charge is 2.31. The summed E-state index contributed by atoms with van der Waals surface area (Å²) in [6.45, 7) is 1.22. The smallest absolute Gasteiger partial charge is 0.324 e. The molecule has 1 saturated heterocycles. The number of hydrogen-bond donors (Lipinski definition) is 1. The second kappa shape index (κ2) is 7.15. The van der Waals surface area contributed by atoms with Crippen LogP contribution in [0.3, 0.4) is 0 Å². The van der Waals surface area contributed by atoms with Gasteiger partial charge in [-0.1, -0.05) is 31.0 Å². The highest BCUT2D eigenvalue weighted by Crippen LogP contribution is 2.27. The summed E-state index contributed by atoms with van der Waals surface area (Å²) in [6.07, 6.45) is 5.82. The molecule has 2 aromatic rings. The summed E-state index contributed by atoms with van der Waals surface area (Å²) in [5, 5.41) is 2.93. The zero-order valence-corrected chi connectivity index (χ0v) is 14.6. The van der Waals surface area contributed by atoms with Crippen LogP contribution in [-0.2, 0) is 4.79 Å². The summed E-state index contributed by atoms with van der Waals surface area (Å²) >= 11 is 0. The molecule has 3 amide bonds. The molecule has 1 aromatic carbocycles. The van der Waals surface area contributed by atoms with Gasteiger partial charge < -0.3 is 5.32 Å². The Morgan fingerprint density at radius 2 is 1.73 bits per heavy atom. The molecule has 134 valence electrons. The lowest BCUT2D eigenvalue weighted by atomic mass is 10.1. The van der Waals surface area contributed by atoms with Gasteiger partial charge in [0.05, 0.1) is 11.9 Å². The number of hydrogen-bond acceptors (Lipinski definition) is 3. The maximum Gasteiger partial charge on any atom is 0.330 e. The fourth-order valence-electron chi connectivity index (χ4n) is 3.65. The van der Waals surface area contributed by atoms with Gasteiger partial charge in [-0.15, -0.1) is 0 Å². The van der Waals surface area contributed by atoms with Crippen LogP contribution in [0.15, 0.2) is 48.7 Å². The maximum absolute atomic E-state index is 12.7. The molecule has 1 N–H and O–H groups in total. The van der Waals surface area contributed by atoms with Crippen LogP contribution in [0.2, 0.25) is 0 Å². The van der Waals surface area contributed by atoms with Crippen molar-refractivity contribution >= 4 is 29.1 Å². The average molecular weight is 350 g/mol. The molecule has 0 bridgehead atoms. The lowest BCUT2D eigenvalue weighted by Gasteiger charge is -2.18. The molecular formula is C20H22N4O2. The second-order valence-corrected chi connectivity index (χ2v) is 6.80. The molecule has 0 radical (unpaired) electrons. The van der Waals surface area contributed by atoms with Gasteiger partial charge in [0.2, 0.25) is 5.91 Å². The van der Waals surface area contributed by atoms with Crippen molar-refractivity contribution in [2.45, 2.75) is 25.7 Å². The Balaban J connectivity index is 1.42. The number of amides is 3. The molecule has 0 spiro atoms. The molecule has 6 heteroatoms. The largest absolute Gasteiger partial charge is 0.330 e. The van der Waals surface area contributed by atoms with Gasteiger partial charge in [-0.2, -0.15) is 0 Å². The van der Waals surface area contributed by atoms with Gasteiger partial charge >= 0.3 is 6.03 Å². The van der Waals surface area contributed by atoms with Crippen molar-refractivity contribution in [2.75, 3.05) is 28.2 Å². The number of aromatic nitrogens is 1. The van der Waals surface area contributed by atoms with Gasteiger partial charge in [-0.05, 0) is 37.1 Å². The molecule has 1 aliphatic heterocycles. The Labute approximate surface area is 152 Å². The molecule has 2 aliphatic rings. The van der Waals surface area contributed by atoms with E-state index in [-0.39, 0.29) is 17.9 Å². The minimum Gasteiger partial charge on any atom is -0.324 e. The molecule has 0 unspecified atom stereocenters. The first-order chi connectivity index (χ1) is 12.7. The van der Waals surface area contributed by atoms with Gasteiger partial charge in [0, 0.05) is 24.7 Å². The molecule has 6 nitrogen and oxygen atoms in total. The average Bonchev–Trinajstić information content (AvgIpc) is 3.33. The Morgan fingerprint density at radius 1 is 1.00 bits per heavy atom. The number of carbonyl (C=O) groups is 2. The van der Waals surface area contributed by atoms with E-state index in [0.717, 1.165) is 31.4 Å². The zero-order chi connectivity index (χ0) is 17.9. The quantitative estimate of drug-likeness (QED) is 0.915. The van der Waals surface area contributed by atoms with Crippen LogP contribution in [0.1, 0.15) is 25.7 Å². The number of para-hydroxylation sites is 1. The Morgan fingerprint density at radius 3 is 2.42 bits per heavy atom. The highest BCUT2D eigenvalue weighted by atomic mass is 16.2. The summed E-state index contributed by atoms with van der Waals surface area (Å²) in [5.41, 5.74) is 1.57. The molecule has 1 saturated carbocycles. The lowest BCUT2D eigenvalue weighted by molar-refractivity contribution is -0.119. The number of nitrogens with one attached hydrogen (secondary N) is 1. The summed E-state index contributed by atoms with van der Waals surface area (Å²) in [4.78, 5) is 32.7. The van der Waals surface area contributed by atoms with E-state index < -0.39 is 0 Å². The van der Waals surface area contributed by atoms with Crippen LogP contribution in [0.4, 0.5) is 22.0 Å². The van der Waals surface area contributed by atoms with Gasteiger partial charge in [-0.3, -0.25) is 14.6 Å². The Hall–Kier alpha value is -2.89. The molecule has 1 aliphatic carbocycles. The van der Waals surface area contributed by atoms with Crippen molar-refractivity contribution in [3.63, 3.8) is 0 Å². The van der Waals surface area contributed by atoms with E-state index in [1.165, 1.54) is 0 Å². The van der Waals surface area contributed by atoms with E-state index >= 15 is 0 Å². The number of anilines is 3. The third kappa shape index (κ3) is 3.27. The summed E-state index contributed by atoms with van der Waals surface area (Å²) in [6, 6.07) is 13.2. The first-order valence-electron chi connectivity index (χ1n) is 9.13. The molecule has 26 heavy (non-hydrogen) atoms. The number of pyridine rings is 1. The number of nitrogens with zero attached hydrogens (tertiary/aromatic N) is 3. The summed E-state index contributed by atoms with van der Waals surface area (Å²) < 4.78 is 0. The van der Waals surface area contributed by atoms with E-state index in [2.05, 4.69) is 10.3 Å². The third-order valence-corrected chi connectivity index (χ3v) is 5.09. The fraction of sp³-hybridized carbons (Fsp3) is 0.350. The fourth-order valence-corrected chi connectivity index (χ4v) is 3.65. The van der Waals surface area contributed by atoms with Crippen LogP contribution in [-0.4, -0.2) is 30.0 Å². The van der Waals surface area contributed by atoms with Gasteiger partial charge in [-0.25, -0.2) is 9.78 Å². The maximum atomic E-state index is 12.7. The predicted molar refractivity (Wildman–Crippen MR) is 101 cm³/mol. The van der Waals surface area contributed by atoms with E-state index in [1.807, 2.05) is 36.4 Å². The van der Waals surface area contributed by atoms with Crippen molar-refractivity contribution in [3.05, 3.63) is 48.7 Å². The summed E-state index contributed by atoms with van der Waals surface area (Å²) in [7, 11) is 0. The first kappa shape index (κ1) is 16.6. The van der Waals surface area contributed by atoms with Gasteiger partial charge in [0.1, 0.15) is 5.82 Å². The second-order valence-electron chi connectivity index (χ2n) is 6.80. The molecule has 4 rings (SSSR count). The van der Waals surface area contributed by atoms with E-state index in [1.54, 1.807) is 22.1 Å². The van der Waals surface area contributed by atoms with Crippen LogP contribution in [0.25, 0.3) is 0 Å². The Bertz CT molecular complexity index is 785. The van der Waals surface area contributed by atoms with Crippen molar-refractivity contribution in [2.24, 2.45) is 5.92 Å². The first-order valence-corrected chi connectivity index (χ1v) is 9.13. The minimum absolute atomic E-state index is 0.0737. The number of carbonyl (C=O) groups excluding carboxylic acids is 2.